The van der Waals surface area contributed by atoms with Gasteiger partial charge in [-0.05, 0) is 50.4 Å². The number of nitrogens with one attached hydrogen (secondary N) is 1. The second-order valence-electron chi connectivity index (χ2n) is 6.91. The smallest absolute Gasteiger partial charge is 0.307 e. The van der Waals surface area contributed by atoms with Gasteiger partial charge in [0.1, 0.15) is 0 Å². The van der Waals surface area contributed by atoms with E-state index in [1.54, 1.807) is 0 Å². The van der Waals surface area contributed by atoms with Crippen LogP contribution in [0.3, 0.4) is 0 Å². The SMILES string of the molecule is O=C(NC1CCCCC1)[C@@H]1C2CCC(CC2)[C@@H]1C(=O)O. The van der Waals surface area contributed by atoms with Crippen LogP contribution in [-0.2, 0) is 9.59 Å². The van der Waals surface area contributed by atoms with Crippen molar-refractivity contribution in [3.05, 3.63) is 0 Å². The molecule has 2 atom stereocenters. The number of carbonyl (C=O) groups is 2. The van der Waals surface area contributed by atoms with E-state index in [0.29, 0.717) is 5.92 Å². The monoisotopic (exact) mass is 279 g/mol. The first-order valence-corrected chi connectivity index (χ1v) is 8.20. The molecule has 0 aliphatic heterocycles. The summed E-state index contributed by atoms with van der Waals surface area (Å²) in [6.07, 6.45) is 9.82. The first-order chi connectivity index (χ1) is 9.66. The van der Waals surface area contributed by atoms with Crippen molar-refractivity contribution in [2.45, 2.75) is 63.8 Å². The van der Waals surface area contributed by atoms with Crippen molar-refractivity contribution in [3.63, 3.8) is 0 Å². The summed E-state index contributed by atoms with van der Waals surface area (Å²) in [5, 5.41) is 12.7. The standard InChI is InChI=1S/C16H25NO3/c18-15(17-12-4-2-1-3-5-12)13-10-6-8-11(9-7-10)14(13)16(19)20/h10-14H,1-9H2,(H,17,18)(H,19,20)/t10?,11?,13-,14+/m1/s1. The molecule has 0 aromatic carbocycles. The molecule has 4 heteroatoms. The summed E-state index contributed by atoms with van der Waals surface area (Å²) in [5.74, 6) is -0.931. The first-order valence-electron chi connectivity index (χ1n) is 8.20. The summed E-state index contributed by atoms with van der Waals surface area (Å²) in [7, 11) is 0. The highest BCUT2D eigenvalue weighted by molar-refractivity contribution is 5.85. The van der Waals surface area contributed by atoms with Gasteiger partial charge in [0.05, 0.1) is 11.8 Å². The van der Waals surface area contributed by atoms with Gasteiger partial charge in [0.25, 0.3) is 0 Å². The van der Waals surface area contributed by atoms with E-state index in [1.807, 2.05) is 0 Å². The van der Waals surface area contributed by atoms with Crippen LogP contribution in [-0.4, -0.2) is 23.0 Å². The van der Waals surface area contributed by atoms with Crippen LogP contribution in [0.5, 0.6) is 0 Å². The Morgan fingerprint density at radius 3 is 1.90 bits per heavy atom. The van der Waals surface area contributed by atoms with E-state index in [1.165, 1.54) is 19.3 Å². The van der Waals surface area contributed by atoms with E-state index >= 15 is 0 Å². The Morgan fingerprint density at radius 1 is 0.800 bits per heavy atom. The Hall–Kier alpha value is -1.06. The largest absolute Gasteiger partial charge is 0.481 e. The number of carbonyl (C=O) groups excluding carboxylic acids is 1. The highest BCUT2D eigenvalue weighted by Crippen LogP contribution is 2.49. The van der Waals surface area contributed by atoms with Crippen LogP contribution in [0.4, 0.5) is 0 Å². The van der Waals surface area contributed by atoms with Crippen LogP contribution in [0.1, 0.15) is 57.8 Å². The van der Waals surface area contributed by atoms with Gasteiger partial charge in [-0.15, -0.1) is 0 Å². The molecular formula is C16H25NO3. The summed E-state index contributed by atoms with van der Waals surface area (Å²) in [4.78, 5) is 24.2. The molecule has 0 aromatic rings. The lowest BCUT2D eigenvalue weighted by atomic mass is 9.58. The third kappa shape index (κ3) is 2.57. The quantitative estimate of drug-likeness (QED) is 0.834. The van der Waals surface area contributed by atoms with Crippen LogP contribution >= 0.6 is 0 Å². The van der Waals surface area contributed by atoms with E-state index in [-0.39, 0.29) is 23.8 Å². The molecule has 0 spiro atoms. The average molecular weight is 279 g/mol. The first kappa shape index (κ1) is 13.9. The third-order valence-corrected chi connectivity index (χ3v) is 5.76. The van der Waals surface area contributed by atoms with Crippen molar-refractivity contribution in [3.8, 4) is 0 Å². The molecule has 112 valence electrons. The minimum atomic E-state index is -0.761. The van der Waals surface area contributed by atoms with E-state index in [0.717, 1.165) is 38.5 Å². The number of carboxylic acid groups (broad SMARTS) is 1. The predicted octanol–water partition coefficient (Wildman–Crippen LogP) is 2.57. The molecule has 2 bridgehead atoms. The van der Waals surface area contributed by atoms with Gasteiger partial charge in [0.15, 0.2) is 0 Å². The molecule has 20 heavy (non-hydrogen) atoms. The van der Waals surface area contributed by atoms with Crippen molar-refractivity contribution in [2.24, 2.45) is 23.7 Å². The Balaban J connectivity index is 1.69. The number of fused-ring (bicyclic) bond motifs is 3. The maximum Gasteiger partial charge on any atom is 0.307 e. The lowest BCUT2D eigenvalue weighted by molar-refractivity contribution is -0.158. The number of carboxylic acids is 1. The Kier molecular flexibility index (Phi) is 3.99. The summed E-state index contributed by atoms with van der Waals surface area (Å²) in [6.45, 7) is 0. The summed E-state index contributed by atoms with van der Waals surface area (Å²) < 4.78 is 0. The summed E-state index contributed by atoms with van der Waals surface area (Å²) >= 11 is 0. The molecule has 4 nitrogen and oxygen atoms in total. The highest BCUT2D eigenvalue weighted by Gasteiger charge is 2.50. The molecule has 0 radical (unpaired) electrons. The van der Waals surface area contributed by atoms with Gasteiger partial charge in [0.2, 0.25) is 5.91 Å². The topological polar surface area (TPSA) is 66.4 Å². The van der Waals surface area contributed by atoms with E-state index in [9.17, 15) is 14.7 Å². The predicted molar refractivity (Wildman–Crippen MR) is 75.1 cm³/mol. The number of hydrogen-bond donors (Lipinski definition) is 2. The lowest BCUT2D eigenvalue weighted by Crippen LogP contribution is -2.52. The van der Waals surface area contributed by atoms with E-state index < -0.39 is 11.9 Å². The van der Waals surface area contributed by atoms with Gasteiger partial charge in [-0.25, -0.2) is 0 Å². The van der Waals surface area contributed by atoms with Crippen molar-refractivity contribution in [1.29, 1.82) is 0 Å². The highest BCUT2D eigenvalue weighted by atomic mass is 16.4. The zero-order valence-corrected chi connectivity index (χ0v) is 12.0. The molecule has 4 rings (SSSR count). The van der Waals surface area contributed by atoms with Crippen molar-refractivity contribution >= 4 is 11.9 Å². The van der Waals surface area contributed by atoms with Crippen molar-refractivity contribution < 1.29 is 14.7 Å². The van der Waals surface area contributed by atoms with Crippen LogP contribution in [0, 0.1) is 23.7 Å². The molecule has 0 heterocycles. The molecule has 4 aliphatic rings. The van der Waals surface area contributed by atoms with Crippen LogP contribution < -0.4 is 5.32 Å². The fourth-order valence-electron chi connectivity index (χ4n) is 4.73. The van der Waals surface area contributed by atoms with Gasteiger partial charge in [-0.2, -0.15) is 0 Å². The Bertz CT molecular complexity index is 381. The van der Waals surface area contributed by atoms with Crippen molar-refractivity contribution in [2.75, 3.05) is 0 Å². The van der Waals surface area contributed by atoms with Gasteiger partial charge in [-0.3, -0.25) is 9.59 Å². The van der Waals surface area contributed by atoms with E-state index in [4.69, 9.17) is 0 Å². The number of aliphatic carboxylic acids is 1. The molecule has 4 aliphatic carbocycles. The molecule has 0 saturated heterocycles. The van der Waals surface area contributed by atoms with Crippen LogP contribution in [0.2, 0.25) is 0 Å². The number of amides is 1. The Labute approximate surface area is 120 Å². The average Bonchev–Trinajstić information content (AvgIpc) is 2.48. The second kappa shape index (κ2) is 5.74. The molecule has 0 unspecified atom stereocenters. The molecule has 0 aromatic heterocycles. The van der Waals surface area contributed by atoms with E-state index in [2.05, 4.69) is 5.32 Å². The minimum absolute atomic E-state index is 0.0266. The molecule has 1 amide bonds. The number of hydrogen-bond acceptors (Lipinski definition) is 2. The number of rotatable bonds is 3. The fourth-order valence-corrected chi connectivity index (χ4v) is 4.73. The van der Waals surface area contributed by atoms with Gasteiger partial charge < -0.3 is 10.4 Å². The zero-order chi connectivity index (χ0) is 14.1. The normalized spacial score (nSPS) is 37.6. The summed E-state index contributed by atoms with van der Waals surface area (Å²) in [6, 6.07) is 0.283. The van der Waals surface area contributed by atoms with Crippen LogP contribution in [0.15, 0.2) is 0 Å². The minimum Gasteiger partial charge on any atom is -0.481 e. The van der Waals surface area contributed by atoms with Gasteiger partial charge >= 0.3 is 5.97 Å². The second-order valence-corrected chi connectivity index (χ2v) is 6.91. The lowest BCUT2D eigenvalue weighted by Gasteiger charge is -2.46. The zero-order valence-electron chi connectivity index (χ0n) is 12.0. The maximum atomic E-state index is 12.6. The fraction of sp³-hybridized carbons (Fsp3) is 0.875. The van der Waals surface area contributed by atoms with Crippen molar-refractivity contribution in [1.82, 2.24) is 5.32 Å². The molecular weight excluding hydrogens is 254 g/mol. The molecule has 4 fully saturated rings. The van der Waals surface area contributed by atoms with Gasteiger partial charge in [0, 0.05) is 6.04 Å². The molecule has 4 saturated carbocycles. The van der Waals surface area contributed by atoms with Gasteiger partial charge in [-0.1, -0.05) is 19.3 Å². The van der Waals surface area contributed by atoms with Crippen LogP contribution in [0.25, 0.3) is 0 Å². The summed E-state index contributed by atoms with van der Waals surface area (Å²) in [5.41, 5.74) is 0. The third-order valence-electron chi connectivity index (χ3n) is 5.76. The molecule has 2 N–H and O–H groups in total. The Morgan fingerprint density at radius 2 is 1.35 bits per heavy atom. The maximum absolute atomic E-state index is 12.6.